The molecule has 0 saturated carbocycles. The monoisotopic (exact) mass is 137 g/mol. The van der Waals surface area contributed by atoms with Crippen molar-refractivity contribution >= 4 is 5.91 Å². The summed E-state index contributed by atoms with van der Waals surface area (Å²) < 4.78 is 0. The van der Waals surface area contributed by atoms with Crippen molar-refractivity contribution in [3.63, 3.8) is 0 Å². The fourth-order valence-electron chi connectivity index (χ4n) is 1.02. The van der Waals surface area contributed by atoms with Crippen molar-refractivity contribution in [3.05, 3.63) is 0 Å². The van der Waals surface area contributed by atoms with Crippen LogP contribution in [-0.2, 0) is 4.79 Å². The van der Waals surface area contributed by atoms with Crippen molar-refractivity contribution in [1.82, 2.24) is 5.32 Å². The van der Waals surface area contributed by atoms with Crippen LogP contribution in [0.25, 0.3) is 0 Å². The Kier molecular flexibility index (Phi) is 2.33. The Balaban J connectivity index is 2.38. The highest BCUT2D eigenvalue weighted by Crippen LogP contribution is 2.03. The van der Waals surface area contributed by atoms with Crippen molar-refractivity contribution in [1.29, 1.82) is 0 Å². The SMILES string of the molecule is CC(=O)NC1C#CCCC1. The highest BCUT2D eigenvalue weighted by atomic mass is 16.1. The van der Waals surface area contributed by atoms with E-state index in [1.165, 1.54) is 6.92 Å². The lowest BCUT2D eigenvalue weighted by atomic mass is 10.1. The average Bonchev–Trinajstić information content (AvgIpc) is 1.88. The Labute approximate surface area is 61.0 Å². The van der Waals surface area contributed by atoms with Crippen molar-refractivity contribution in [2.45, 2.75) is 32.2 Å². The Morgan fingerprint density at radius 1 is 1.70 bits per heavy atom. The van der Waals surface area contributed by atoms with Crippen LogP contribution in [0.4, 0.5) is 0 Å². The van der Waals surface area contributed by atoms with E-state index in [1.807, 2.05) is 0 Å². The van der Waals surface area contributed by atoms with E-state index < -0.39 is 0 Å². The van der Waals surface area contributed by atoms with E-state index in [4.69, 9.17) is 0 Å². The second-order valence-corrected chi connectivity index (χ2v) is 2.47. The number of carbonyl (C=O) groups is 1. The molecule has 0 fully saturated rings. The number of hydrogen-bond donors (Lipinski definition) is 1. The van der Waals surface area contributed by atoms with Gasteiger partial charge in [-0.1, -0.05) is 5.92 Å². The van der Waals surface area contributed by atoms with Gasteiger partial charge >= 0.3 is 0 Å². The maximum absolute atomic E-state index is 10.5. The molecule has 1 amide bonds. The van der Waals surface area contributed by atoms with Crippen LogP contribution in [0.1, 0.15) is 26.2 Å². The van der Waals surface area contributed by atoms with Gasteiger partial charge in [0.2, 0.25) is 5.91 Å². The zero-order chi connectivity index (χ0) is 7.40. The van der Waals surface area contributed by atoms with Crippen LogP contribution in [-0.4, -0.2) is 11.9 Å². The second kappa shape index (κ2) is 3.26. The van der Waals surface area contributed by atoms with Gasteiger partial charge in [-0.3, -0.25) is 4.79 Å². The molecule has 0 aromatic rings. The summed E-state index contributed by atoms with van der Waals surface area (Å²) in [4.78, 5) is 10.5. The van der Waals surface area contributed by atoms with E-state index in [1.54, 1.807) is 0 Å². The fraction of sp³-hybridized carbons (Fsp3) is 0.625. The van der Waals surface area contributed by atoms with Crippen molar-refractivity contribution in [2.75, 3.05) is 0 Å². The van der Waals surface area contributed by atoms with Gasteiger partial charge < -0.3 is 5.32 Å². The van der Waals surface area contributed by atoms with Crippen molar-refractivity contribution in [3.8, 4) is 11.8 Å². The first-order valence-corrected chi connectivity index (χ1v) is 3.54. The van der Waals surface area contributed by atoms with E-state index in [0.29, 0.717) is 0 Å². The zero-order valence-electron chi connectivity index (χ0n) is 6.11. The predicted molar refractivity (Wildman–Crippen MR) is 39.2 cm³/mol. The molecule has 0 radical (unpaired) electrons. The van der Waals surface area contributed by atoms with Crippen LogP contribution >= 0.6 is 0 Å². The molecule has 0 aromatic heterocycles. The second-order valence-electron chi connectivity index (χ2n) is 2.47. The molecule has 2 heteroatoms. The molecule has 0 spiro atoms. The third-order valence-electron chi connectivity index (χ3n) is 1.45. The van der Waals surface area contributed by atoms with E-state index in [9.17, 15) is 4.79 Å². The zero-order valence-corrected chi connectivity index (χ0v) is 6.11. The van der Waals surface area contributed by atoms with Gasteiger partial charge in [0.05, 0.1) is 6.04 Å². The first-order chi connectivity index (χ1) is 4.79. The molecule has 54 valence electrons. The normalized spacial score (nSPS) is 22.7. The summed E-state index contributed by atoms with van der Waals surface area (Å²) in [7, 11) is 0. The maximum Gasteiger partial charge on any atom is 0.217 e. The highest BCUT2D eigenvalue weighted by Gasteiger charge is 2.07. The molecule has 2 nitrogen and oxygen atoms in total. The van der Waals surface area contributed by atoms with E-state index in [0.717, 1.165) is 19.3 Å². The van der Waals surface area contributed by atoms with Crippen LogP contribution in [0, 0.1) is 11.8 Å². The third-order valence-corrected chi connectivity index (χ3v) is 1.45. The quantitative estimate of drug-likeness (QED) is 0.529. The van der Waals surface area contributed by atoms with E-state index >= 15 is 0 Å². The number of rotatable bonds is 1. The van der Waals surface area contributed by atoms with Gasteiger partial charge in [-0.25, -0.2) is 0 Å². The molecule has 10 heavy (non-hydrogen) atoms. The Hall–Kier alpha value is -0.970. The number of amides is 1. The standard InChI is InChI=1S/C8H11NO/c1-7(10)9-8-5-3-2-4-6-8/h8H,2-3,5H2,1H3,(H,9,10). The summed E-state index contributed by atoms with van der Waals surface area (Å²) in [5.41, 5.74) is 0. The molecule has 1 aliphatic carbocycles. The largest absolute Gasteiger partial charge is 0.343 e. The van der Waals surface area contributed by atoms with Crippen LogP contribution in [0.5, 0.6) is 0 Å². The van der Waals surface area contributed by atoms with Gasteiger partial charge in [0, 0.05) is 13.3 Å². The minimum atomic E-state index is 0.0150. The Bertz CT molecular complexity index is 187. The van der Waals surface area contributed by atoms with E-state index in [-0.39, 0.29) is 11.9 Å². The lowest BCUT2D eigenvalue weighted by Gasteiger charge is -2.12. The molecule has 1 N–H and O–H groups in total. The van der Waals surface area contributed by atoms with E-state index in [2.05, 4.69) is 17.2 Å². The maximum atomic E-state index is 10.5. The Morgan fingerprint density at radius 2 is 2.50 bits per heavy atom. The highest BCUT2D eigenvalue weighted by molar-refractivity contribution is 5.73. The lowest BCUT2D eigenvalue weighted by Crippen LogP contribution is -2.32. The third kappa shape index (κ3) is 2.10. The van der Waals surface area contributed by atoms with Crippen LogP contribution in [0.15, 0.2) is 0 Å². The summed E-state index contributed by atoms with van der Waals surface area (Å²) in [6.45, 7) is 1.52. The molecular weight excluding hydrogens is 126 g/mol. The summed E-state index contributed by atoms with van der Waals surface area (Å²) in [6.07, 6.45) is 3.10. The molecule has 0 heterocycles. The summed E-state index contributed by atoms with van der Waals surface area (Å²) in [5.74, 6) is 5.96. The minimum absolute atomic E-state index is 0.0150. The molecule has 1 unspecified atom stereocenters. The average molecular weight is 137 g/mol. The van der Waals surface area contributed by atoms with Gasteiger partial charge in [-0.15, -0.1) is 5.92 Å². The van der Waals surface area contributed by atoms with Gasteiger partial charge in [-0.05, 0) is 12.8 Å². The molecule has 1 rings (SSSR count). The first kappa shape index (κ1) is 7.14. The summed E-state index contributed by atoms with van der Waals surface area (Å²) in [6, 6.07) is 0.117. The smallest absolute Gasteiger partial charge is 0.217 e. The lowest BCUT2D eigenvalue weighted by molar-refractivity contribution is -0.119. The summed E-state index contributed by atoms with van der Waals surface area (Å²) >= 11 is 0. The Morgan fingerprint density at radius 3 is 3.00 bits per heavy atom. The topological polar surface area (TPSA) is 29.1 Å². The van der Waals surface area contributed by atoms with Gasteiger partial charge in [0.25, 0.3) is 0 Å². The van der Waals surface area contributed by atoms with Crippen molar-refractivity contribution < 1.29 is 4.79 Å². The molecule has 1 aliphatic rings. The van der Waals surface area contributed by atoms with Crippen LogP contribution in [0.3, 0.4) is 0 Å². The molecule has 0 saturated heterocycles. The molecular formula is C8H11NO. The van der Waals surface area contributed by atoms with Gasteiger partial charge in [0.15, 0.2) is 0 Å². The minimum Gasteiger partial charge on any atom is -0.343 e. The summed E-state index contributed by atoms with van der Waals surface area (Å²) in [5, 5.41) is 2.77. The number of hydrogen-bond acceptors (Lipinski definition) is 1. The van der Waals surface area contributed by atoms with Crippen LogP contribution in [0.2, 0.25) is 0 Å². The fourth-order valence-corrected chi connectivity index (χ4v) is 1.02. The van der Waals surface area contributed by atoms with Gasteiger partial charge in [-0.2, -0.15) is 0 Å². The van der Waals surface area contributed by atoms with Crippen LogP contribution < -0.4 is 5.32 Å². The predicted octanol–water partition coefficient (Wildman–Crippen LogP) is 0.678. The molecule has 0 aliphatic heterocycles. The first-order valence-electron chi connectivity index (χ1n) is 3.54. The number of carbonyl (C=O) groups excluding carboxylic acids is 1. The molecule has 0 bridgehead atoms. The molecule has 0 aromatic carbocycles. The van der Waals surface area contributed by atoms with Crippen molar-refractivity contribution in [2.24, 2.45) is 0 Å². The number of nitrogens with one attached hydrogen (secondary N) is 1. The molecule has 1 atom stereocenters. The van der Waals surface area contributed by atoms with Gasteiger partial charge in [0.1, 0.15) is 0 Å².